The Balaban J connectivity index is 1.83. The van der Waals surface area contributed by atoms with Crippen LogP contribution in [0.1, 0.15) is 32.2 Å². The zero-order chi connectivity index (χ0) is 19.9. The fraction of sp³-hybridized carbons (Fsp3) is 0.286. The molecular weight excluding hydrogens is 350 g/mol. The van der Waals surface area contributed by atoms with E-state index in [-0.39, 0.29) is 5.41 Å². The third kappa shape index (κ3) is 3.49. The minimum Gasteiger partial charge on any atom is -0.272 e. The fourth-order valence-corrected chi connectivity index (χ4v) is 3.17. The fourth-order valence-electron chi connectivity index (χ4n) is 3.17. The summed E-state index contributed by atoms with van der Waals surface area (Å²) >= 11 is 0. The smallest absolute Gasteiger partial charge is 0.154 e. The lowest BCUT2D eigenvalue weighted by Gasteiger charge is -2.17. The van der Waals surface area contributed by atoms with Crippen molar-refractivity contribution in [3.63, 3.8) is 0 Å². The number of aryl methyl sites for hydroxylation is 1. The third-order valence-electron chi connectivity index (χ3n) is 4.30. The highest BCUT2D eigenvalue weighted by molar-refractivity contribution is 5.81. The topological polar surface area (TPSA) is 84.7 Å². The quantitative estimate of drug-likeness (QED) is 0.545. The van der Waals surface area contributed by atoms with E-state index < -0.39 is 0 Å². The molecule has 0 aromatic carbocycles. The van der Waals surface area contributed by atoms with E-state index in [2.05, 4.69) is 47.0 Å². The predicted molar refractivity (Wildman–Crippen MR) is 106 cm³/mol. The first-order valence-corrected chi connectivity index (χ1v) is 9.09. The van der Waals surface area contributed by atoms with Gasteiger partial charge in [-0.25, -0.2) is 14.5 Å². The Bertz CT molecular complexity index is 1200. The van der Waals surface area contributed by atoms with Gasteiger partial charge in [-0.05, 0) is 30.5 Å². The molecule has 4 rings (SSSR count). The van der Waals surface area contributed by atoms with E-state index in [1.807, 2.05) is 42.3 Å². The maximum Gasteiger partial charge on any atom is 0.154 e. The van der Waals surface area contributed by atoms with Crippen LogP contribution in [0.15, 0.2) is 43.0 Å². The standard InChI is InChI=1S/C21H21N7/c1-14-11-28-19(25-14)7-15(9-24-28)20-18(6-5-17(8-22)26-20)16-10-23-27(12-16)13-21(2,3)4/h5-7,9-12H,13H2,1-4H3. The summed E-state index contributed by atoms with van der Waals surface area (Å²) in [7, 11) is 0. The number of nitriles is 1. The average molecular weight is 371 g/mol. The van der Waals surface area contributed by atoms with Crippen molar-refractivity contribution in [1.82, 2.24) is 29.4 Å². The first-order chi connectivity index (χ1) is 13.3. The summed E-state index contributed by atoms with van der Waals surface area (Å²) in [5.74, 6) is 0. The second kappa shape index (κ2) is 6.57. The highest BCUT2D eigenvalue weighted by atomic mass is 15.3. The van der Waals surface area contributed by atoms with Gasteiger partial charge in [-0.15, -0.1) is 0 Å². The van der Waals surface area contributed by atoms with E-state index in [1.165, 1.54) is 0 Å². The Morgan fingerprint density at radius 3 is 2.57 bits per heavy atom. The first kappa shape index (κ1) is 17.9. The molecule has 0 aliphatic rings. The number of hydrogen-bond donors (Lipinski definition) is 0. The number of aromatic nitrogens is 6. The number of rotatable bonds is 3. The minimum absolute atomic E-state index is 0.128. The Kier molecular flexibility index (Phi) is 4.19. The van der Waals surface area contributed by atoms with E-state index in [9.17, 15) is 5.26 Å². The molecule has 0 spiro atoms. The molecule has 0 saturated carbocycles. The Morgan fingerprint density at radius 1 is 1.04 bits per heavy atom. The van der Waals surface area contributed by atoms with Gasteiger partial charge in [0.25, 0.3) is 0 Å². The van der Waals surface area contributed by atoms with Gasteiger partial charge < -0.3 is 0 Å². The SMILES string of the molecule is Cc1cn2ncc(-c3nc(C#N)ccc3-c3cnn(CC(C)(C)C)c3)cc2n1. The second-order valence-electron chi connectivity index (χ2n) is 8.12. The first-order valence-electron chi connectivity index (χ1n) is 9.09. The summed E-state index contributed by atoms with van der Waals surface area (Å²) in [6, 6.07) is 7.70. The van der Waals surface area contributed by atoms with Crippen molar-refractivity contribution in [3.05, 3.63) is 54.4 Å². The largest absolute Gasteiger partial charge is 0.272 e. The summed E-state index contributed by atoms with van der Waals surface area (Å²) in [6.07, 6.45) is 7.48. The monoisotopic (exact) mass is 371 g/mol. The van der Waals surface area contributed by atoms with Crippen LogP contribution >= 0.6 is 0 Å². The molecule has 0 bridgehead atoms. The number of imidazole rings is 1. The van der Waals surface area contributed by atoms with Gasteiger partial charge in [0.1, 0.15) is 11.8 Å². The molecular formula is C21H21N7. The van der Waals surface area contributed by atoms with Crippen molar-refractivity contribution in [3.8, 4) is 28.5 Å². The summed E-state index contributed by atoms with van der Waals surface area (Å²) in [5, 5.41) is 18.2. The highest BCUT2D eigenvalue weighted by Crippen LogP contribution is 2.31. The molecule has 0 fully saturated rings. The van der Waals surface area contributed by atoms with Gasteiger partial charge in [0.05, 0.1) is 30.0 Å². The van der Waals surface area contributed by atoms with Crippen LogP contribution < -0.4 is 0 Å². The van der Waals surface area contributed by atoms with Crippen molar-refractivity contribution in [2.45, 2.75) is 34.2 Å². The predicted octanol–water partition coefficient (Wildman–Crippen LogP) is 3.88. The van der Waals surface area contributed by atoms with Crippen LogP contribution in [-0.4, -0.2) is 29.4 Å². The molecule has 28 heavy (non-hydrogen) atoms. The summed E-state index contributed by atoms with van der Waals surface area (Å²) in [5.41, 5.74) is 5.51. The van der Waals surface area contributed by atoms with E-state index in [1.54, 1.807) is 16.8 Å². The maximum absolute atomic E-state index is 9.32. The molecule has 0 N–H and O–H groups in total. The maximum atomic E-state index is 9.32. The molecule has 0 saturated heterocycles. The van der Waals surface area contributed by atoms with Crippen LogP contribution in [0.4, 0.5) is 0 Å². The number of nitrogens with zero attached hydrogens (tertiary/aromatic N) is 7. The Labute approximate surface area is 163 Å². The van der Waals surface area contributed by atoms with E-state index in [0.29, 0.717) is 11.4 Å². The third-order valence-corrected chi connectivity index (χ3v) is 4.30. The van der Waals surface area contributed by atoms with Crippen LogP contribution in [0, 0.1) is 23.7 Å². The lowest BCUT2D eigenvalue weighted by Crippen LogP contribution is -2.15. The van der Waals surface area contributed by atoms with Gasteiger partial charge >= 0.3 is 0 Å². The van der Waals surface area contributed by atoms with Gasteiger partial charge in [0.15, 0.2) is 5.65 Å². The highest BCUT2D eigenvalue weighted by Gasteiger charge is 2.16. The van der Waals surface area contributed by atoms with Gasteiger partial charge in [-0.2, -0.15) is 15.5 Å². The second-order valence-corrected chi connectivity index (χ2v) is 8.12. The van der Waals surface area contributed by atoms with Crippen molar-refractivity contribution in [2.24, 2.45) is 5.41 Å². The molecule has 0 aliphatic carbocycles. The van der Waals surface area contributed by atoms with E-state index >= 15 is 0 Å². The molecule has 0 radical (unpaired) electrons. The van der Waals surface area contributed by atoms with Crippen LogP contribution in [0.3, 0.4) is 0 Å². The van der Waals surface area contributed by atoms with Gasteiger partial charge in [0, 0.05) is 29.4 Å². The van der Waals surface area contributed by atoms with E-state index in [4.69, 9.17) is 0 Å². The molecule has 4 aromatic heterocycles. The Morgan fingerprint density at radius 2 is 1.82 bits per heavy atom. The number of pyridine rings is 1. The van der Waals surface area contributed by atoms with Crippen molar-refractivity contribution in [1.29, 1.82) is 5.26 Å². The summed E-state index contributed by atoms with van der Waals surface area (Å²) < 4.78 is 3.67. The van der Waals surface area contributed by atoms with Crippen molar-refractivity contribution < 1.29 is 0 Å². The van der Waals surface area contributed by atoms with E-state index in [0.717, 1.165) is 34.6 Å². The zero-order valence-electron chi connectivity index (χ0n) is 16.4. The molecule has 0 amide bonds. The lowest BCUT2D eigenvalue weighted by atomic mass is 9.97. The van der Waals surface area contributed by atoms with Gasteiger partial charge in [0.2, 0.25) is 0 Å². The van der Waals surface area contributed by atoms with Crippen molar-refractivity contribution in [2.75, 3.05) is 0 Å². The molecule has 4 aromatic rings. The number of hydrogen-bond acceptors (Lipinski definition) is 5. The van der Waals surface area contributed by atoms with Crippen LogP contribution in [0.5, 0.6) is 0 Å². The molecule has 7 heteroatoms. The van der Waals surface area contributed by atoms with Gasteiger partial charge in [-0.3, -0.25) is 4.68 Å². The van der Waals surface area contributed by atoms with Crippen LogP contribution in [0.25, 0.3) is 28.0 Å². The molecule has 0 atom stereocenters. The van der Waals surface area contributed by atoms with Crippen molar-refractivity contribution >= 4 is 5.65 Å². The van der Waals surface area contributed by atoms with Gasteiger partial charge in [-0.1, -0.05) is 20.8 Å². The van der Waals surface area contributed by atoms with Crippen LogP contribution in [-0.2, 0) is 6.54 Å². The molecule has 0 unspecified atom stereocenters. The normalized spacial score (nSPS) is 11.7. The summed E-state index contributed by atoms with van der Waals surface area (Å²) in [6.45, 7) is 9.27. The molecule has 7 nitrogen and oxygen atoms in total. The summed E-state index contributed by atoms with van der Waals surface area (Å²) in [4.78, 5) is 9.04. The molecule has 0 aliphatic heterocycles. The zero-order valence-corrected chi connectivity index (χ0v) is 16.4. The lowest BCUT2D eigenvalue weighted by molar-refractivity contribution is 0.325. The average Bonchev–Trinajstić information content (AvgIpc) is 3.24. The number of fused-ring (bicyclic) bond motifs is 1. The molecule has 4 heterocycles. The molecule has 140 valence electrons. The Hall–Kier alpha value is -3.53. The minimum atomic E-state index is 0.128. The van der Waals surface area contributed by atoms with Crippen LogP contribution in [0.2, 0.25) is 0 Å².